The third kappa shape index (κ3) is 3.88. The van der Waals surface area contributed by atoms with Crippen molar-refractivity contribution in [1.29, 1.82) is 0 Å². The van der Waals surface area contributed by atoms with Gasteiger partial charge in [0.05, 0.1) is 12.8 Å². The number of fused-ring (bicyclic) bond motifs is 1. The number of amides is 1. The van der Waals surface area contributed by atoms with Gasteiger partial charge in [-0.15, -0.1) is 17.5 Å². The van der Waals surface area contributed by atoms with E-state index in [2.05, 4.69) is 25.4 Å². The Morgan fingerprint density at radius 3 is 2.69 bits per heavy atom. The molecule has 5 rings (SSSR count). The van der Waals surface area contributed by atoms with Gasteiger partial charge in [0.25, 0.3) is 0 Å². The number of nitrogens with zero attached hydrogens (tertiary/aromatic N) is 4. The molecular formula is C20H29ClN6O2. The van der Waals surface area contributed by atoms with Gasteiger partial charge in [-0.25, -0.2) is 4.98 Å². The first-order valence-corrected chi connectivity index (χ1v) is 10.4. The summed E-state index contributed by atoms with van der Waals surface area (Å²) in [7, 11) is 1.65. The summed E-state index contributed by atoms with van der Waals surface area (Å²) >= 11 is 0. The van der Waals surface area contributed by atoms with Crippen LogP contribution < -0.4 is 15.0 Å². The van der Waals surface area contributed by atoms with Crippen LogP contribution in [0.25, 0.3) is 11.0 Å². The SMILES string of the molecule is COc1n[nH]c2ncc(C3CC3)c(N3CCN(C(=O)C[C@@H]4CCCN4)CC3)c12.Cl. The molecule has 1 atom stereocenters. The number of methoxy groups -OCH3 is 1. The van der Waals surface area contributed by atoms with Crippen LogP contribution in [-0.2, 0) is 4.79 Å². The Hall–Kier alpha value is -2.06. The van der Waals surface area contributed by atoms with Gasteiger partial charge in [0.2, 0.25) is 11.8 Å². The van der Waals surface area contributed by atoms with E-state index in [0.717, 1.165) is 50.2 Å². The van der Waals surface area contributed by atoms with Gasteiger partial charge in [0.15, 0.2) is 5.65 Å². The maximum Gasteiger partial charge on any atom is 0.244 e. The van der Waals surface area contributed by atoms with Crippen molar-refractivity contribution in [3.63, 3.8) is 0 Å². The lowest BCUT2D eigenvalue weighted by Gasteiger charge is -2.37. The van der Waals surface area contributed by atoms with Crippen LogP contribution in [0.5, 0.6) is 5.88 Å². The maximum atomic E-state index is 12.7. The van der Waals surface area contributed by atoms with Gasteiger partial charge in [0.1, 0.15) is 5.39 Å². The second-order valence-corrected chi connectivity index (χ2v) is 8.16. The monoisotopic (exact) mass is 420 g/mol. The van der Waals surface area contributed by atoms with Gasteiger partial charge in [-0.3, -0.25) is 9.89 Å². The van der Waals surface area contributed by atoms with E-state index in [1.54, 1.807) is 7.11 Å². The topological polar surface area (TPSA) is 86.4 Å². The fourth-order valence-electron chi connectivity index (χ4n) is 4.60. The number of carbonyl (C=O) groups excluding carboxylic acids is 1. The standard InChI is InChI=1S/C20H28N6O2.ClH/c1-28-20-17-18(15(13-4-5-13)12-22-19(17)23-24-20)26-9-7-25(8-10-26)16(27)11-14-3-2-6-21-14;/h12-14,21H,2-11H2,1H3,(H,22,23,24);1H/t14-;/m0./s1. The number of halogens is 1. The summed E-state index contributed by atoms with van der Waals surface area (Å²) in [6, 6.07) is 0.363. The molecule has 2 saturated heterocycles. The van der Waals surface area contributed by atoms with Crippen LogP contribution in [0, 0.1) is 0 Å². The number of H-pyrrole nitrogens is 1. The van der Waals surface area contributed by atoms with E-state index in [9.17, 15) is 4.79 Å². The second-order valence-electron chi connectivity index (χ2n) is 8.16. The number of pyridine rings is 1. The predicted molar refractivity (Wildman–Crippen MR) is 114 cm³/mol. The van der Waals surface area contributed by atoms with E-state index in [4.69, 9.17) is 4.74 Å². The molecule has 0 aromatic carbocycles. The number of carbonyl (C=O) groups is 1. The molecule has 0 radical (unpaired) electrons. The minimum atomic E-state index is 0. The number of piperazine rings is 1. The third-order valence-corrected chi connectivity index (χ3v) is 6.30. The molecule has 1 amide bonds. The van der Waals surface area contributed by atoms with Crippen molar-refractivity contribution in [1.82, 2.24) is 25.4 Å². The molecule has 2 aliphatic heterocycles. The summed E-state index contributed by atoms with van der Waals surface area (Å²) < 4.78 is 5.51. The number of hydrogen-bond acceptors (Lipinski definition) is 6. The Labute approximate surface area is 176 Å². The Bertz CT molecular complexity index is 869. The smallest absolute Gasteiger partial charge is 0.244 e. The van der Waals surface area contributed by atoms with Gasteiger partial charge >= 0.3 is 0 Å². The maximum absolute atomic E-state index is 12.7. The normalized spacial score (nSPS) is 22.0. The van der Waals surface area contributed by atoms with E-state index in [0.29, 0.717) is 24.3 Å². The van der Waals surface area contributed by atoms with E-state index in [1.165, 1.54) is 30.5 Å². The highest BCUT2D eigenvalue weighted by molar-refractivity contribution is 5.96. The Kier molecular flexibility index (Phi) is 5.83. The molecule has 2 N–H and O–H groups in total. The zero-order valence-electron chi connectivity index (χ0n) is 16.8. The van der Waals surface area contributed by atoms with E-state index >= 15 is 0 Å². The molecule has 4 heterocycles. The second kappa shape index (κ2) is 8.36. The van der Waals surface area contributed by atoms with Gasteiger partial charge in [-0.2, -0.15) is 0 Å². The summed E-state index contributed by atoms with van der Waals surface area (Å²) in [4.78, 5) is 21.7. The van der Waals surface area contributed by atoms with Crippen LogP contribution in [0.15, 0.2) is 6.20 Å². The minimum Gasteiger partial charge on any atom is -0.479 e. The molecule has 0 bridgehead atoms. The van der Waals surface area contributed by atoms with Gasteiger partial charge < -0.3 is 19.9 Å². The molecular weight excluding hydrogens is 392 g/mol. The van der Waals surface area contributed by atoms with Crippen LogP contribution in [0.4, 0.5) is 5.69 Å². The lowest BCUT2D eigenvalue weighted by Crippen LogP contribution is -2.50. The summed E-state index contributed by atoms with van der Waals surface area (Å²) in [5.74, 6) is 1.47. The zero-order valence-corrected chi connectivity index (χ0v) is 17.6. The molecule has 2 aromatic rings. The molecule has 9 heteroatoms. The van der Waals surface area contributed by atoms with Gasteiger partial charge in [0, 0.05) is 44.8 Å². The highest BCUT2D eigenvalue weighted by Gasteiger charge is 2.33. The van der Waals surface area contributed by atoms with Crippen LogP contribution in [0.3, 0.4) is 0 Å². The number of anilines is 1. The van der Waals surface area contributed by atoms with Crippen LogP contribution in [0.2, 0.25) is 0 Å². The molecule has 0 unspecified atom stereocenters. The van der Waals surface area contributed by atoms with Crippen molar-refractivity contribution in [2.45, 2.75) is 44.1 Å². The number of aromatic amines is 1. The Morgan fingerprint density at radius 2 is 2.03 bits per heavy atom. The molecule has 2 aromatic heterocycles. The Morgan fingerprint density at radius 1 is 1.24 bits per heavy atom. The lowest BCUT2D eigenvalue weighted by atomic mass is 10.1. The summed E-state index contributed by atoms with van der Waals surface area (Å²) in [5, 5.41) is 11.7. The van der Waals surface area contributed by atoms with Crippen LogP contribution in [-0.4, -0.2) is 71.9 Å². The highest BCUT2D eigenvalue weighted by atomic mass is 35.5. The lowest BCUT2D eigenvalue weighted by molar-refractivity contribution is -0.131. The van der Waals surface area contributed by atoms with Crippen molar-refractivity contribution in [2.75, 3.05) is 44.7 Å². The first-order valence-electron chi connectivity index (χ1n) is 10.4. The third-order valence-electron chi connectivity index (χ3n) is 6.30. The minimum absolute atomic E-state index is 0. The molecule has 0 spiro atoms. The fraction of sp³-hybridized carbons (Fsp3) is 0.650. The fourth-order valence-corrected chi connectivity index (χ4v) is 4.60. The van der Waals surface area contributed by atoms with Gasteiger partial charge in [-0.05, 0) is 43.7 Å². The van der Waals surface area contributed by atoms with Crippen LogP contribution in [0.1, 0.15) is 43.6 Å². The van der Waals surface area contributed by atoms with Gasteiger partial charge in [-0.1, -0.05) is 0 Å². The van der Waals surface area contributed by atoms with Crippen molar-refractivity contribution >= 4 is 35.0 Å². The molecule has 1 aliphatic carbocycles. The number of nitrogens with one attached hydrogen (secondary N) is 2. The molecule has 1 saturated carbocycles. The average molecular weight is 421 g/mol. The first kappa shape index (κ1) is 20.2. The van der Waals surface area contributed by atoms with Crippen molar-refractivity contribution in [2.24, 2.45) is 0 Å². The average Bonchev–Trinajstić information content (AvgIpc) is 3.28. The van der Waals surface area contributed by atoms with E-state index in [1.807, 2.05) is 11.1 Å². The highest BCUT2D eigenvalue weighted by Crippen LogP contribution is 2.47. The molecule has 158 valence electrons. The van der Waals surface area contributed by atoms with E-state index < -0.39 is 0 Å². The summed E-state index contributed by atoms with van der Waals surface area (Å²) in [5.41, 5.74) is 3.26. The predicted octanol–water partition coefficient (Wildman–Crippen LogP) is 2.06. The summed E-state index contributed by atoms with van der Waals surface area (Å²) in [6.07, 6.45) is 7.35. The van der Waals surface area contributed by atoms with Crippen molar-refractivity contribution in [3.05, 3.63) is 11.8 Å². The molecule has 3 aliphatic rings. The largest absolute Gasteiger partial charge is 0.479 e. The van der Waals surface area contributed by atoms with Crippen molar-refractivity contribution < 1.29 is 9.53 Å². The summed E-state index contributed by atoms with van der Waals surface area (Å²) in [6.45, 7) is 4.23. The number of hydrogen-bond donors (Lipinski definition) is 2. The van der Waals surface area contributed by atoms with Crippen molar-refractivity contribution in [3.8, 4) is 5.88 Å². The Balaban J connectivity index is 0.00000205. The number of ether oxygens (including phenoxy) is 1. The molecule has 3 fully saturated rings. The molecule has 29 heavy (non-hydrogen) atoms. The molecule has 8 nitrogen and oxygen atoms in total. The number of aromatic nitrogens is 3. The first-order chi connectivity index (χ1) is 13.7. The van der Waals surface area contributed by atoms with Crippen LogP contribution >= 0.6 is 12.4 Å². The van der Waals surface area contributed by atoms with E-state index in [-0.39, 0.29) is 18.3 Å². The number of rotatable bonds is 5. The quantitative estimate of drug-likeness (QED) is 0.770. The zero-order chi connectivity index (χ0) is 19.1.